The van der Waals surface area contributed by atoms with E-state index in [1.807, 2.05) is 24.3 Å². The maximum absolute atomic E-state index is 11.3. The second-order valence-corrected chi connectivity index (χ2v) is 7.18. The van der Waals surface area contributed by atoms with Crippen molar-refractivity contribution in [3.63, 3.8) is 0 Å². The predicted molar refractivity (Wildman–Crippen MR) is 92.5 cm³/mol. The van der Waals surface area contributed by atoms with Gasteiger partial charge in [-0.2, -0.15) is 0 Å². The molecule has 23 heavy (non-hydrogen) atoms. The quantitative estimate of drug-likeness (QED) is 0.819. The summed E-state index contributed by atoms with van der Waals surface area (Å²) in [5, 5.41) is 12.0. The van der Waals surface area contributed by atoms with Crippen molar-refractivity contribution in [3.8, 4) is 11.1 Å². The Hall–Kier alpha value is -1.35. The average Bonchev–Trinajstić information content (AvgIpc) is 3.20. The fraction of sp³-hybridized carbons (Fsp3) is 0.400. The van der Waals surface area contributed by atoms with E-state index in [1.54, 1.807) is 0 Å². The minimum Gasteiger partial charge on any atom is -0.385 e. The first-order chi connectivity index (χ1) is 11.1. The number of fused-ring (bicyclic) bond motifs is 1. The van der Waals surface area contributed by atoms with Crippen LogP contribution >= 0.6 is 11.6 Å². The third-order valence-electron chi connectivity index (χ3n) is 5.50. The zero-order valence-corrected chi connectivity index (χ0v) is 14.0. The van der Waals surface area contributed by atoms with E-state index < -0.39 is 5.60 Å². The normalized spacial score (nSPS) is 28.2. The molecule has 0 aromatic heterocycles. The highest BCUT2D eigenvalue weighted by Crippen LogP contribution is 2.50. The topological polar surface area (TPSA) is 32.8 Å². The molecule has 1 heterocycles. The van der Waals surface area contributed by atoms with Gasteiger partial charge in [-0.25, -0.2) is 0 Å². The molecule has 3 heteroatoms. The van der Waals surface area contributed by atoms with Crippen molar-refractivity contribution in [2.45, 2.75) is 44.0 Å². The summed E-state index contributed by atoms with van der Waals surface area (Å²) >= 11 is 5.95. The minimum atomic E-state index is -0.741. The summed E-state index contributed by atoms with van der Waals surface area (Å²) < 4.78 is 5.52. The van der Waals surface area contributed by atoms with E-state index in [1.165, 1.54) is 0 Å². The van der Waals surface area contributed by atoms with Crippen LogP contribution in [0.15, 0.2) is 48.5 Å². The molecule has 4 rings (SSSR count). The van der Waals surface area contributed by atoms with E-state index >= 15 is 0 Å². The smallest absolute Gasteiger partial charge is 0.0923 e. The van der Waals surface area contributed by atoms with Gasteiger partial charge < -0.3 is 9.84 Å². The van der Waals surface area contributed by atoms with Crippen molar-refractivity contribution in [1.29, 1.82) is 0 Å². The van der Waals surface area contributed by atoms with Crippen LogP contribution < -0.4 is 0 Å². The van der Waals surface area contributed by atoms with Gasteiger partial charge in [0, 0.05) is 5.02 Å². The SMILES string of the molecule is CC[C@](O)(c1ccc(-c2ccc(Cl)cc2)cc1)[C@H]1CC2O[C@H]2C1. The Balaban J connectivity index is 1.59. The van der Waals surface area contributed by atoms with Crippen LogP contribution in [0.5, 0.6) is 0 Å². The number of hydrogen-bond acceptors (Lipinski definition) is 2. The maximum Gasteiger partial charge on any atom is 0.0923 e. The molecule has 2 fully saturated rings. The molecule has 2 nitrogen and oxygen atoms in total. The van der Waals surface area contributed by atoms with Crippen LogP contribution in [0.2, 0.25) is 5.02 Å². The lowest BCUT2D eigenvalue weighted by Gasteiger charge is -2.34. The zero-order chi connectivity index (χ0) is 16.0. The summed E-state index contributed by atoms with van der Waals surface area (Å²) in [7, 11) is 0. The molecule has 1 saturated carbocycles. The van der Waals surface area contributed by atoms with Crippen molar-refractivity contribution < 1.29 is 9.84 Å². The lowest BCUT2D eigenvalue weighted by molar-refractivity contribution is -0.0379. The van der Waals surface area contributed by atoms with Crippen LogP contribution in [0.4, 0.5) is 0 Å². The van der Waals surface area contributed by atoms with Gasteiger partial charge in [-0.1, -0.05) is 54.9 Å². The lowest BCUT2D eigenvalue weighted by Crippen LogP contribution is -2.34. The molecule has 0 amide bonds. The van der Waals surface area contributed by atoms with Crippen molar-refractivity contribution in [1.82, 2.24) is 0 Å². The first kappa shape index (κ1) is 15.2. The summed E-state index contributed by atoms with van der Waals surface area (Å²) in [4.78, 5) is 0. The standard InChI is InChI=1S/C20H21ClO2/c1-2-20(22,16-11-18-19(12-16)23-18)15-7-3-13(4-8-15)14-5-9-17(21)10-6-14/h3-10,16,18-19,22H,2,11-12H2,1H3/t16-,18+,19?,20+/m1/s1. The fourth-order valence-electron chi connectivity index (χ4n) is 3.96. The van der Waals surface area contributed by atoms with E-state index in [9.17, 15) is 5.11 Å². The van der Waals surface area contributed by atoms with Gasteiger partial charge in [-0.05, 0) is 54.0 Å². The van der Waals surface area contributed by atoms with Crippen LogP contribution in [-0.4, -0.2) is 17.3 Å². The van der Waals surface area contributed by atoms with E-state index in [2.05, 4.69) is 31.2 Å². The number of halogens is 1. The molecule has 1 N–H and O–H groups in total. The van der Waals surface area contributed by atoms with Gasteiger partial charge in [0.1, 0.15) is 0 Å². The number of aliphatic hydroxyl groups is 1. The molecule has 2 aliphatic rings. The zero-order valence-electron chi connectivity index (χ0n) is 13.2. The number of ether oxygens (including phenoxy) is 1. The molecule has 1 aliphatic heterocycles. The van der Waals surface area contributed by atoms with Crippen LogP contribution in [0, 0.1) is 5.92 Å². The molecule has 1 unspecified atom stereocenters. The van der Waals surface area contributed by atoms with Crippen molar-refractivity contribution in [3.05, 3.63) is 59.1 Å². The number of rotatable bonds is 4. The Morgan fingerprint density at radius 1 is 1.00 bits per heavy atom. The summed E-state index contributed by atoms with van der Waals surface area (Å²) in [6.45, 7) is 2.07. The van der Waals surface area contributed by atoms with Crippen LogP contribution in [0.25, 0.3) is 11.1 Å². The molecular weight excluding hydrogens is 308 g/mol. The molecular formula is C20H21ClO2. The summed E-state index contributed by atoms with van der Waals surface area (Å²) in [5.41, 5.74) is 2.55. The highest BCUT2D eigenvalue weighted by atomic mass is 35.5. The third kappa shape index (κ3) is 2.69. The monoisotopic (exact) mass is 328 g/mol. The highest BCUT2D eigenvalue weighted by Gasteiger charge is 2.54. The molecule has 120 valence electrons. The summed E-state index contributed by atoms with van der Waals surface area (Å²) in [5.74, 6) is 0.303. The lowest BCUT2D eigenvalue weighted by atomic mass is 9.77. The summed E-state index contributed by atoms with van der Waals surface area (Å²) in [6.07, 6.45) is 3.48. The van der Waals surface area contributed by atoms with Gasteiger partial charge >= 0.3 is 0 Å². The number of hydrogen-bond donors (Lipinski definition) is 1. The molecule has 2 aromatic carbocycles. The second-order valence-electron chi connectivity index (χ2n) is 6.74. The molecule has 1 aliphatic carbocycles. The first-order valence-corrected chi connectivity index (χ1v) is 8.72. The van der Waals surface area contributed by atoms with Gasteiger partial charge in [-0.3, -0.25) is 0 Å². The predicted octanol–water partition coefficient (Wildman–Crippen LogP) is 4.78. The summed E-state index contributed by atoms with van der Waals surface area (Å²) in [6, 6.07) is 16.2. The largest absolute Gasteiger partial charge is 0.385 e. The van der Waals surface area contributed by atoms with Crippen LogP contribution in [0.1, 0.15) is 31.7 Å². The molecule has 0 bridgehead atoms. The minimum absolute atomic E-state index is 0.303. The van der Waals surface area contributed by atoms with E-state index in [-0.39, 0.29) is 0 Å². The van der Waals surface area contributed by atoms with E-state index in [0.717, 1.165) is 41.0 Å². The molecule has 2 aromatic rings. The average molecular weight is 329 g/mol. The van der Waals surface area contributed by atoms with E-state index in [0.29, 0.717) is 18.1 Å². The third-order valence-corrected chi connectivity index (χ3v) is 5.75. The van der Waals surface area contributed by atoms with Gasteiger partial charge in [-0.15, -0.1) is 0 Å². The maximum atomic E-state index is 11.3. The van der Waals surface area contributed by atoms with Gasteiger partial charge in [0.2, 0.25) is 0 Å². The van der Waals surface area contributed by atoms with Gasteiger partial charge in [0.05, 0.1) is 17.8 Å². The van der Waals surface area contributed by atoms with Crippen LogP contribution in [0.3, 0.4) is 0 Å². The fourth-order valence-corrected chi connectivity index (χ4v) is 4.09. The Morgan fingerprint density at radius 2 is 1.52 bits per heavy atom. The Labute approximate surface area is 142 Å². The van der Waals surface area contributed by atoms with Crippen molar-refractivity contribution in [2.75, 3.05) is 0 Å². The molecule has 4 atom stereocenters. The Morgan fingerprint density at radius 3 is 2.04 bits per heavy atom. The molecule has 1 saturated heterocycles. The second kappa shape index (κ2) is 5.62. The van der Waals surface area contributed by atoms with Crippen molar-refractivity contribution in [2.24, 2.45) is 5.92 Å². The first-order valence-electron chi connectivity index (χ1n) is 8.34. The Bertz CT molecular complexity index is 685. The van der Waals surface area contributed by atoms with Crippen LogP contribution in [-0.2, 0) is 10.3 Å². The Kier molecular flexibility index (Phi) is 3.72. The van der Waals surface area contributed by atoms with E-state index in [4.69, 9.17) is 16.3 Å². The number of epoxide rings is 1. The highest BCUT2D eigenvalue weighted by molar-refractivity contribution is 6.30. The number of benzene rings is 2. The van der Waals surface area contributed by atoms with Gasteiger partial charge in [0.25, 0.3) is 0 Å². The molecule has 0 radical (unpaired) electrons. The molecule has 0 spiro atoms. The van der Waals surface area contributed by atoms with Gasteiger partial charge in [0.15, 0.2) is 0 Å². The van der Waals surface area contributed by atoms with Crippen molar-refractivity contribution >= 4 is 11.6 Å².